The first-order valence-electron chi connectivity index (χ1n) is 8.68. The van der Waals surface area contributed by atoms with Crippen molar-refractivity contribution in [2.75, 3.05) is 32.9 Å². The normalized spacial score (nSPS) is 19.3. The summed E-state index contributed by atoms with van der Waals surface area (Å²) in [5.74, 6) is 1.32. The highest BCUT2D eigenvalue weighted by Crippen LogP contribution is 2.34. The molecule has 0 radical (unpaired) electrons. The van der Waals surface area contributed by atoms with Crippen molar-refractivity contribution in [2.45, 2.75) is 13.0 Å². The Hall–Kier alpha value is -2.24. The summed E-state index contributed by atoms with van der Waals surface area (Å²) in [6, 6.07) is 11.2. The van der Waals surface area contributed by atoms with Gasteiger partial charge < -0.3 is 19.1 Å². The number of halogens is 1. The van der Waals surface area contributed by atoms with Gasteiger partial charge in [-0.1, -0.05) is 23.7 Å². The van der Waals surface area contributed by atoms with Gasteiger partial charge in [0.1, 0.15) is 19.3 Å². The van der Waals surface area contributed by atoms with E-state index in [4.69, 9.17) is 25.8 Å². The van der Waals surface area contributed by atoms with E-state index in [-0.39, 0.29) is 12.0 Å². The lowest BCUT2D eigenvalue weighted by Crippen LogP contribution is -2.42. The summed E-state index contributed by atoms with van der Waals surface area (Å²) in [6.45, 7) is 4.53. The minimum Gasteiger partial charge on any atom is -0.486 e. The van der Waals surface area contributed by atoms with Crippen LogP contribution in [0.3, 0.4) is 0 Å². The molecule has 2 aliphatic rings. The highest BCUT2D eigenvalue weighted by molar-refractivity contribution is 6.30. The number of ether oxygens (including phenoxy) is 3. The number of carbonyl (C=O) groups excluding carboxylic acids is 1. The third-order valence-corrected chi connectivity index (χ3v) is 4.97. The number of rotatable bonds is 2. The molecule has 0 aromatic heterocycles. The van der Waals surface area contributed by atoms with Gasteiger partial charge >= 0.3 is 0 Å². The molecule has 1 unspecified atom stereocenters. The van der Waals surface area contributed by atoms with Crippen LogP contribution in [-0.4, -0.2) is 43.7 Å². The van der Waals surface area contributed by atoms with Gasteiger partial charge in [0, 0.05) is 17.1 Å². The topological polar surface area (TPSA) is 48.0 Å². The molecular weight excluding hydrogens is 354 g/mol. The zero-order valence-corrected chi connectivity index (χ0v) is 15.3. The molecular formula is C20H20ClNO4. The van der Waals surface area contributed by atoms with Gasteiger partial charge in [-0.2, -0.15) is 0 Å². The summed E-state index contributed by atoms with van der Waals surface area (Å²) in [4.78, 5) is 14.9. The van der Waals surface area contributed by atoms with Gasteiger partial charge in [-0.3, -0.25) is 4.79 Å². The van der Waals surface area contributed by atoms with Crippen molar-refractivity contribution in [2.24, 2.45) is 0 Å². The Morgan fingerprint density at radius 2 is 1.77 bits per heavy atom. The fourth-order valence-electron chi connectivity index (χ4n) is 3.30. The minimum absolute atomic E-state index is 0.0123. The number of hydrogen-bond acceptors (Lipinski definition) is 4. The number of aryl methyl sites for hydroxylation is 1. The first-order valence-corrected chi connectivity index (χ1v) is 9.06. The van der Waals surface area contributed by atoms with E-state index in [0.29, 0.717) is 55.0 Å². The van der Waals surface area contributed by atoms with Gasteiger partial charge in [0.15, 0.2) is 11.5 Å². The second-order valence-electron chi connectivity index (χ2n) is 6.47. The van der Waals surface area contributed by atoms with E-state index in [1.807, 2.05) is 42.2 Å². The van der Waals surface area contributed by atoms with Gasteiger partial charge in [-0.15, -0.1) is 0 Å². The maximum atomic E-state index is 13.1. The predicted molar refractivity (Wildman–Crippen MR) is 98.2 cm³/mol. The van der Waals surface area contributed by atoms with Crippen molar-refractivity contribution in [1.82, 2.24) is 4.90 Å². The van der Waals surface area contributed by atoms with E-state index in [0.717, 1.165) is 11.1 Å². The Balaban J connectivity index is 1.55. The van der Waals surface area contributed by atoms with Crippen molar-refractivity contribution in [3.8, 4) is 11.5 Å². The fraction of sp³-hybridized carbons (Fsp3) is 0.350. The Kier molecular flexibility index (Phi) is 4.74. The van der Waals surface area contributed by atoms with Crippen LogP contribution in [0, 0.1) is 6.92 Å². The predicted octanol–water partition coefficient (Wildman–Crippen LogP) is 3.63. The average molecular weight is 374 g/mol. The molecule has 26 heavy (non-hydrogen) atoms. The summed E-state index contributed by atoms with van der Waals surface area (Å²) >= 11 is 5.96. The van der Waals surface area contributed by atoms with Crippen molar-refractivity contribution in [1.29, 1.82) is 0 Å². The second-order valence-corrected chi connectivity index (χ2v) is 6.91. The van der Waals surface area contributed by atoms with E-state index in [1.165, 1.54) is 0 Å². The van der Waals surface area contributed by atoms with Gasteiger partial charge in [0.05, 0.1) is 13.2 Å². The van der Waals surface area contributed by atoms with Gasteiger partial charge in [-0.25, -0.2) is 0 Å². The zero-order valence-electron chi connectivity index (χ0n) is 14.5. The number of hydrogen-bond donors (Lipinski definition) is 0. The van der Waals surface area contributed by atoms with Crippen LogP contribution in [0.2, 0.25) is 5.02 Å². The SMILES string of the molecule is Cc1cc2c(cc1C(=O)N1CCOC(c3ccc(Cl)cc3)C1)OCCO2. The molecule has 136 valence electrons. The summed E-state index contributed by atoms with van der Waals surface area (Å²) < 4.78 is 17.1. The maximum Gasteiger partial charge on any atom is 0.254 e. The highest BCUT2D eigenvalue weighted by atomic mass is 35.5. The van der Waals surface area contributed by atoms with E-state index >= 15 is 0 Å². The first-order chi connectivity index (χ1) is 12.6. The number of fused-ring (bicyclic) bond motifs is 1. The number of morpholine rings is 1. The van der Waals surface area contributed by atoms with Gasteiger partial charge in [0.2, 0.25) is 0 Å². The van der Waals surface area contributed by atoms with Crippen molar-refractivity contribution >= 4 is 17.5 Å². The molecule has 1 fully saturated rings. The summed E-state index contributed by atoms with van der Waals surface area (Å²) in [7, 11) is 0. The number of carbonyl (C=O) groups is 1. The quantitative estimate of drug-likeness (QED) is 0.806. The Morgan fingerprint density at radius 1 is 1.08 bits per heavy atom. The van der Waals surface area contributed by atoms with Crippen LogP contribution in [0.4, 0.5) is 0 Å². The number of nitrogens with zero attached hydrogens (tertiary/aromatic N) is 1. The van der Waals surface area contributed by atoms with E-state index < -0.39 is 0 Å². The zero-order chi connectivity index (χ0) is 18.1. The molecule has 0 aliphatic carbocycles. The molecule has 0 bridgehead atoms. The molecule has 2 aromatic rings. The third-order valence-electron chi connectivity index (χ3n) is 4.72. The minimum atomic E-state index is -0.150. The van der Waals surface area contributed by atoms with E-state index in [9.17, 15) is 4.79 Å². The molecule has 2 aliphatic heterocycles. The largest absolute Gasteiger partial charge is 0.486 e. The van der Waals surface area contributed by atoms with Crippen LogP contribution in [0.25, 0.3) is 0 Å². The molecule has 2 aromatic carbocycles. The van der Waals surface area contributed by atoms with Gasteiger partial charge in [-0.05, 0) is 42.3 Å². The first kappa shape index (κ1) is 17.2. The molecule has 6 heteroatoms. The maximum absolute atomic E-state index is 13.1. The molecule has 2 heterocycles. The van der Waals surface area contributed by atoms with Crippen LogP contribution in [0.1, 0.15) is 27.6 Å². The number of benzene rings is 2. The summed E-state index contributed by atoms with van der Waals surface area (Å²) in [6.07, 6.45) is -0.150. The standard InChI is InChI=1S/C20H20ClNO4/c1-13-10-17-18(26-9-8-25-17)11-16(13)20(23)22-6-7-24-19(12-22)14-2-4-15(21)5-3-14/h2-5,10-11,19H,6-9,12H2,1H3. The van der Waals surface area contributed by atoms with Crippen LogP contribution in [0.5, 0.6) is 11.5 Å². The Bertz CT molecular complexity index is 821. The van der Waals surface area contributed by atoms with Crippen molar-refractivity contribution < 1.29 is 19.0 Å². The lowest BCUT2D eigenvalue weighted by molar-refractivity contribution is -0.0228. The summed E-state index contributed by atoms with van der Waals surface area (Å²) in [5.41, 5.74) is 2.55. The van der Waals surface area contributed by atoms with Crippen LogP contribution < -0.4 is 9.47 Å². The van der Waals surface area contributed by atoms with Gasteiger partial charge in [0.25, 0.3) is 5.91 Å². The Labute approximate surface area is 157 Å². The van der Waals surface area contributed by atoms with Crippen LogP contribution in [0.15, 0.2) is 36.4 Å². The Morgan fingerprint density at radius 3 is 2.50 bits per heavy atom. The molecule has 0 spiro atoms. The molecule has 1 amide bonds. The number of amides is 1. The molecule has 5 nitrogen and oxygen atoms in total. The third kappa shape index (κ3) is 3.37. The monoisotopic (exact) mass is 373 g/mol. The highest BCUT2D eigenvalue weighted by Gasteiger charge is 2.28. The summed E-state index contributed by atoms with van der Waals surface area (Å²) in [5, 5.41) is 0.685. The van der Waals surface area contributed by atoms with Crippen LogP contribution in [-0.2, 0) is 4.74 Å². The second kappa shape index (κ2) is 7.17. The molecule has 0 saturated carbocycles. The smallest absolute Gasteiger partial charge is 0.254 e. The lowest BCUT2D eigenvalue weighted by atomic mass is 10.0. The molecule has 1 saturated heterocycles. The molecule has 0 N–H and O–H groups in total. The molecule has 4 rings (SSSR count). The average Bonchev–Trinajstić information content (AvgIpc) is 2.67. The van der Waals surface area contributed by atoms with Crippen molar-refractivity contribution in [3.63, 3.8) is 0 Å². The van der Waals surface area contributed by atoms with Crippen LogP contribution >= 0.6 is 11.6 Å². The van der Waals surface area contributed by atoms with E-state index in [1.54, 1.807) is 6.07 Å². The van der Waals surface area contributed by atoms with Crippen molar-refractivity contribution in [3.05, 3.63) is 58.1 Å². The van der Waals surface area contributed by atoms with E-state index in [2.05, 4.69) is 0 Å². The molecule has 1 atom stereocenters. The fourth-order valence-corrected chi connectivity index (χ4v) is 3.43. The lowest BCUT2D eigenvalue weighted by Gasteiger charge is -2.33.